The van der Waals surface area contributed by atoms with Gasteiger partial charge in [-0.25, -0.2) is 4.68 Å². The van der Waals surface area contributed by atoms with E-state index in [0.29, 0.717) is 24.7 Å². The Labute approximate surface area is 177 Å². The third kappa shape index (κ3) is 4.33. The second kappa shape index (κ2) is 9.45. The molecule has 1 N–H and O–H groups in total. The van der Waals surface area contributed by atoms with Crippen molar-refractivity contribution in [3.63, 3.8) is 0 Å². The summed E-state index contributed by atoms with van der Waals surface area (Å²) in [5, 5.41) is 11.9. The Morgan fingerprint density at radius 1 is 1.24 bits per heavy atom. The highest BCUT2D eigenvalue weighted by Gasteiger charge is 2.29. The van der Waals surface area contributed by atoms with E-state index in [9.17, 15) is 4.79 Å². The first-order valence-corrected chi connectivity index (χ1v) is 10.0. The molecule has 0 aliphatic carbocycles. The molecule has 1 fully saturated rings. The molecule has 4 rings (SSSR count). The van der Waals surface area contributed by atoms with Gasteiger partial charge in [0.2, 0.25) is 0 Å². The van der Waals surface area contributed by atoms with Crippen molar-refractivity contribution >= 4 is 18.3 Å². The average Bonchev–Trinajstić information content (AvgIpc) is 3.13. The molecule has 0 unspecified atom stereocenters. The number of carbonyl (C=O) groups is 1. The summed E-state index contributed by atoms with van der Waals surface area (Å²) in [5.41, 5.74) is 1.95. The maximum absolute atomic E-state index is 13.3. The summed E-state index contributed by atoms with van der Waals surface area (Å²) in [7, 11) is 0. The number of fused-ring (bicyclic) bond motifs is 1. The Morgan fingerprint density at radius 3 is 2.69 bits per heavy atom. The first-order chi connectivity index (χ1) is 13.7. The largest absolute Gasteiger partial charge is 0.486 e. The summed E-state index contributed by atoms with van der Waals surface area (Å²) in [6.45, 7) is 7.69. The van der Waals surface area contributed by atoms with Crippen LogP contribution in [0.25, 0.3) is 5.69 Å². The van der Waals surface area contributed by atoms with Crippen LogP contribution in [-0.2, 0) is 0 Å². The molecule has 9 heteroatoms. The van der Waals surface area contributed by atoms with Gasteiger partial charge in [-0.3, -0.25) is 4.79 Å². The molecule has 0 radical (unpaired) electrons. The van der Waals surface area contributed by atoms with Gasteiger partial charge in [-0.15, -0.1) is 17.5 Å². The van der Waals surface area contributed by atoms with Crippen molar-refractivity contribution < 1.29 is 14.3 Å². The van der Waals surface area contributed by atoms with Crippen LogP contribution < -0.4 is 14.8 Å². The average molecular weight is 422 g/mol. The molecule has 0 saturated carbocycles. The predicted octanol–water partition coefficient (Wildman–Crippen LogP) is 2.37. The second-order valence-electron chi connectivity index (χ2n) is 7.24. The smallest absolute Gasteiger partial charge is 0.276 e. The molecule has 1 amide bonds. The molecule has 2 aliphatic heterocycles. The molecule has 1 aromatic heterocycles. The van der Waals surface area contributed by atoms with Crippen LogP contribution >= 0.6 is 12.4 Å². The lowest BCUT2D eigenvalue weighted by atomic mass is 10.0. The number of aromatic nitrogens is 3. The van der Waals surface area contributed by atoms with Crippen LogP contribution in [0.15, 0.2) is 18.2 Å². The summed E-state index contributed by atoms with van der Waals surface area (Å²) in [4.78, 5) is 15.3. The number of ether oxygens (including phenoxy) is 2. The number of piperidine rings is 1. The minimum absolute atomic E-state index is 0. The maximum atomic E-state index is 13.3. The van der Waals surface area contributed by atoms with Crippen LogP contribution in [-0.4, -0.2) is 64.7 Å². The zero-order valence-corrected chi connectivity index (χ0v) is 17.7. The molecule has 2 aliphatic rings. The van der Waals surface area contributed by atoms with E-state index in [2.05, 4.69) is 22.6 Å². The molecule has 8 nitrogen and oxygen atoms in total. The molecule has 0 atom stereocenters. The number of hydrogen-bond acceptors (Lipinski definition) is 6. The Hall–Kier alpha value is -2.32. The number of amides is 1. The zero-order valence-electron chi connectivity index (χ0n) is 16.9. The van der Waals surface area contributed by atoms with Crippen LogP contribution in [0.5, 0.6) is 11.5 Å². The highest BCUT2D eigenvalue weighted by Crippen LogP contribution is 2.32. The summed E-state index contributed by atoms with van der Waals surface area (Å²) in [6.07, 6.45) is 2.87. The van der Waals surface area contributed by atoms with Crippen LogP contribution in [0.3, 0.4) is 0 Å². The minimum atomic E-state index is -0.0324. The minimum Gasteiger partial charge on any atom is -0.486 e. The van der Waals surface area contributed by atoms with Crippen molar-refractivity contribution in [2.75, 3.05) is 32.8 Å². The SMILES string of the molecule is CCCN(C(=O)c1nnn(-c2ccc3c(c2)OCCO3)c1C)C1CCNCC1.Cl. The fraction of sp³-hybridized carbons (Fsp3) is 0.550. The first-order valence-electron chi connectivity index (χ1n) is 10.0. The number of hydrogen-bond donors (Lipinski definition) is 1. The quantitative estimate of drug-likeness (QED) is 0.798. The van der Waals surface area contributed by atoms with Gasteiger partial charge in [0.05, 0.1) is 11.4 Å². The summed E-state index contributed by atoms with van der Waals surface area (Å²) >= 11 is 0. The van der Waals surface area contributed by atoms with E-state index in [0.717, 1.165) is 56.0 Å². The van der Waals surface area contributed by atoms with Crippen molar-refractivity contribution in [3.8, 4) is 17.2 Å². The Morgan fingerprint density at radius 2 is 1.97 bits per heavy atom. The van der Waals surface area contributed by atoms with E-state index < -0.39 is 0 Å². The van der Waals surface area contributed by atoms with Crippen LogP contribution in [0.2, 0.25) is 0 Å². The standard InChI is InChI=1S/C20H27N5O3.ClH/c1-3-10-24(15-6-8-21-9-7-15)20(26)19-14(2)25(23-22-19)16-4-5-17-18(13-16)28-12-11-27-17;/h4-5,13,15,21H,3,6-12H2,1-2H3;1H. The Bertz CT molecular complexity index is 851. The fourth-order valence-corrected chi connectivity index (χ4v) is 3.88. The van der Waals surface area contributed by atoms with Crippen molar-refractivity contribution in [3.05, 3.63) is 29.6 Å². The zero-order chi connectivity index (χ0) is 19.5. The summed E-state index contributed by atoms with van der Waals surface area (Å²) in [6, 6.07) is 5.90. The van der Waals surface area contributed by atoms with E-state index >= 15 is 0 Å². The summed E-state index contributed by atoms with van der Waals surface area (Å²) in [5.74, 6) is 1.38. The number of benzene rings is 1. The molecule has 0 bridgehead atoms. The van der Waals surface area contributed by atoms with Gasteiger partial charge in [0.1, 0.15) is 13.2 Å². The fourth-order valence-electron chi connectivity index (χ4n) is 3.88. The van der Waals surface area contributed by atoms with E-state index in [-0.39, 0.29) is 24.4 Å². The highest BCUT2D eigenvalue weighted by molar-refractivity contribution is 5.93. The summed E-state index contributed by atoms with van der Waals surface area (Å²) < 4.78 is 12.9. The van der Waals surface area contributed by atoms with Crippen molar-refractivity contribution in [1.29, 1.82) is 0 Å². The van der Waals surface area contributed by atoms with E-state index in [4.69, 9.17) is 9.47 Å². The molecule has 1 saturated heterocycles. The molecule has 158 valence electrons. The lowest BCUT2D eigenvalue weighted by molar-refractivity contribution is 0.0635. The van der Waals surface area contributed by atoms with Crippen LogP contribution in [0, 0.1) is 6.92 Å². The van der Waals surface area contributed by atoms with Gasteiger partial charge in [-0.05, 0) is 51.4 Å². The Kier molecular flexibility index (Phi) is 6.97. The first kappa shape index (κ1) is 21.4. The highest BCUT2D eigenvalue weighted by atomic mass is 35.5. The van der Waals surface area contributed by atoms with Gasteiger partial charge in [0, 0.05) is 18.7 Å². The number of carbonyl (C=O) groups excluding carboxylic acids is 1. The molecule has 29 heavy (non-hydrogen) atoms. The van der Waals surface area contributed by atoms with E-state index in [1.165, 1.54) is 0 Å². The number of halogens is 1. The van der Waals surface area contributed by atoms with Gasteiger partial charge in [-0.1, -0.05) is 12.1 Å². The molecular formula is C20H28ClN5O3. The normalized spacial score (nSPS) is 16.2. The van der Waals surface area contributed by atoms with Gasteiger partial charge in [0.25, 0.3) is 5.91 Å². The molecule has 1 aromatic carbocycles. The number of nitrogens with zero attached hydrogens (tertiary/aromatic N) is 4. The molecule has 0 spiro atoms. The van der Waals surface area contributed by atoms with Gasteiger partial charge < -0.3 is 19.7 Å². The van der Waals surface area contributed by atoms with Crippen molar-refractivity contribution in [2.45, 2.75) is 39.2 Å². The predicted molar refractivity (Wildman–Crippen MR) is 112 cm³/mol. The van der Waals surface area contributed by atoms with E-state index in [1.807, 2.05) is 30.0 Å². The van der Waals surface area contributed by atoms with Gasteiger partial charge in [0.15, 0.2) is 17.2 Å². The van der Waals surface area contributed by atoms with Gasteiger partial charge >= 0.3 is 0 Å². The monoisotopic (exact) mass is 421 g/mol. The topological polar surface area (TPSA) is 81.5 Å². The maximum Gasteiger partial charge on any atom is 0.276 e. The van der Waals surface area contributed by atoms with Crippen molar-refractivity contribution in [2.24, 2.45) is 0 Å². The lowest BCUT2D eigenvalue weighted by Gasteiger charge is -2.34. The van der Waals surface area contributed by atoms with E-state index in [1.54, 1.807) is 4.68 Å². The van der Waals surface area contributed by atoms with Crippen LogP contribution in [0.1, 0.15) is 42.4 Å². The molecule has 3 heterocycles. The van der Waals surface area contributed by atoms with Gasteiger partial charge in [-0.2, -0.15) is 0 Å². The lowest BCUT2D eigenvalue weighted by Crippen LogP contribution is -2.46. The number of rotatable bonds is 5. The molecular weight excluding hydrogens is 394 g/mol. The third-order valence-electron chi connectivity index (χ3n) is 5.34. The third-order valence-corrected chi connectivity index (χ3v) is 5.34. The Balaban J connectivity index is 0.00000240. The second-order valence-corrected chi connectivity index (χ2v) is 7.24. The van der Waals surface area contributed by atoms with Crippen molar-refractivity contribution in [1.82, 2.24) is 25.2 Å². The molecule has 2 aromatic rings. The number of nitrogens with one attached hydrogen (secondary N) is 1. The van der Waals surface area contributed by atoms with Crippen LogP contribution in [0.4, 0.5) is 0 Å².